The molecule has 0 heterocycles. The minimum absolute atomic E-state index is 0.0772. The number of nitro groups is 1. The molecule has 170 valence electrons. The molecule has 9 heteroatoms. The molecular formula is C23H26N2O7. The number of hydrogen-bond donors (Lipinski definition) is 1. The van der Waals surface area contributed by atoms with Crippen molar-refractivity contribution in [2.75, 3.05) is 14.2 Å². The summed E-state index contributed by atoms with van der Waals surface area (Å²) in [4.78, 5) is 34.7. The maximum Gasteiger partial charge on any atom is 0.302 e. The Kier molecular flexibility index (Phi) is 7.29. The van der Waals surface area contributed by atoms with Gasteiger partial charge in [-0.05, 0) is 49.1 Å². The summed E-state index contributed by atoms with van der Waals surface area (Å²) in [6.45, 7) is 1.38. The van der Waals surface area contributed by atoms with Gasteiger partial charge in [0.1, 0.15) is 6.10 Å². The number of benzene rings is 2. The number of esters is 1. The highest BCUT2D eigenvalue weighted by molar-refractivity contribution is 5.94. The van der Waals surface area contributed by atoms with E-state index in [0.717, 1.165) is 5.56 Å². The van der Waals surface area contributed by atoms with E-state index in [9.17, 15) is 19.7 Å². The Labute approximate surface area is 185 Å². The van der Waals surface area contributed by atoms with E-state index in [1.54, 1.807) is 20.3 Å². The van der Waals surface area contributed by atoms with E-state index in [-0.39, 0.29) is 35.6 Å². The Morgan fingerprint density at radius 1 is 1.03 bits per heavy atom. The minimum Gasteiger partial charge on any atom is -0.493 e. The van der Waals surface area contributed by atoms with Crippen LogP contribution in [0.2, 0.25) is 0 Å². The molecule has 2 aromatic rings. The van der Waals surface area contributed by atoms with Crippen molar-refractivity contribution in [2.45, 2.75) is 44.2 Å². The number of nitro benzene ring substituents is 1. The summed E-state index contributed by atoms with van der Waals surface area (Å²) in [6.07, 6.45) is 1.52. The van der Waals surface area contributed by atoms with Crippen LogP contribution in [0.3, 0.4) is 0 Å². The highest BCUT2D eigenvalue weighted by atomic mass is 16.6. The molecule has 0 bridgehead atoms. The first-order valence-corrected chi connectivity index (χ1v) is 10.3. The largest absolute Gasteiger partial charge is 0.493 e. The summed E-state index contributed by atoms with van der Waals surface area (Å²) < 4.78 is 16.2. The van der Waals surface area contributed by atoms with Gasteiger partial charge in [0.2, 0.25) is 0 Å². The molecule has 2 aromatic carbocycles. The molecule has 9 nitrogen and oxygen atoms in total. The Morgan fingerprint density at radius 2 is 1.72 bits per heavy atom. The van der Waals surface area contributed by atoms with Gasteiger partial charge in [0.25, 0.3) is 11.6 Å². The van der Waals surface area contributed by atoms with Gasteiger partial charge in [-0.2, -0.15) is 0 Å². The number of carbonyl (C=O) groups is 2. The van der Waals surface area contributed by atoms with Gasteiger partial charge in [-0.3, -0.25) is 19.7 Å². The maximum absolute atomic E-state index is 12.8. The highest BCUT2D eigenvalue weighted by Crippen LogP contribution is 2.38. The second-order valence-electron chi connectivity index (χ2n) is 7.65. The molecule has 3 atom stereocenters. The molecule has 0 saturated heterocycles. The van der Waals surface area contributed by atoms with Crippen LogP contribution in [0.5, 0.6) is 11.5 Å². The van der Waals surface area contributed by atoms with Crippen LogP contribution >= 0.6 is 0 Å². The molecule has 3 rings (SSSR count). The summed E-state index contributed by atoms with van der Waals surface area (Å²) in [5.41, 5.74) is 1.18. The molecule has 3 unspecified atom stereocenters. The quantitative estimate of drug-likeness (QED) is 0.395. The number of nitrogens with one attached hydrogen (secondary N) is 1. The van der Waals surface area contributed by atoms with Crippen molar-refractivity contribution < 1.29 is 28.7 Å². The number of amides is 1. The SMILES string of the molecule is COc1ccc(C2CC(OC(C)=O)CCC2NC(=O)c2ccc([N+](=O)[O-])cc2)cc1OC. The molecule has 1 N–H and O–H groups in total. The molecule has 1 fully saturated rings. The van der Waals surface area contributed by atoms with Crippen LogP contribution in [-0.4, -0.2) is 43.2 Å². The van der Waals surface area contributed by atoms with E-state index in [2.05, 4.69) is 5.32 Å². The molecule has 1 saturated carbocycles. The van der Waals surface area contributed by atoms with Crippen molar-refractivity contribution in [1.29, 1.82) is 0 Å². The van der Waals surface area contributed by atoms with Crippen LogP contribution in [0.4, 0.5) is 5.69 Å². The third kappa shape index (κ3) is 5.35. The van der Waals surface area contributed by atoms with Crippen molar-refractivity contribution in [2.24, 2.45) is 0 Å². The third-order valence-corrected chi connectivity index (χ3v) is 5.63. The van der Waals surface area contributed by atoms with Crippen LogP contribution in [0, 0.1) is 10.1 Å². The molecule has 1 aliphatic carbocycles. The van der Waals surface area contributed by atoms with Crippen molar-refractivity contribution in [3.05, 3.63) is 63.7 Å². The normalized spacial score (nSPS) is 20.2. The van der Waals surface area contributed by atoms with Gasteiger partial charge in [-0.25, -0.2) is 0 Å². The number of ether oxygens (including phenoxy) is 3. The Bertz CT molecular complexity index is 990. The number of hydrogen-bond acceptors (Lipinski definition) is 7. The third-order valence-electron chi connectivity index (χ3n) is 5.63. The van der Waals surface area contributed by atoms with Gasteiger partial charge in [0.05, 0.1) is 19.1 Å². The lowest BCUT2D eigenvalue weighted by Gasteiger charge is -2.36. The van der Waals surface area contributed by atoms with Gasteiger partial charge in [0.15, 0.2) is 11.5 Å². The standard InChI is InChI=1S/C23H26N2O7/c1-14(26)32-18-9-10-20(24-23(27)15-4-7-17(8-5-15)25(28)29)19(13-18)16-6-11-21(30-2)22(12-16)31-3/h4-8,11-12,18-20H,9-10,13H2,1-3H3,(H,24,27). The van der Waals surface area contributed by atoms with Gasteiger partial charge < -0.3 is 19.5 Å². The van der Waals surface area contributed by atoms with Crippen LogP contribution in [-0.2, 0) is 9.53 Å². The smallest absolute Gasteiger partial charge is 0.302 e. The fraction of sp³-hybridized carbons (Fsp3) is 0.391. The van der Waals surface area contributed by atoms with E-state index in [1.807, 2.05) is 12.1 Å². The second kappa shape index (κ2) is 10.1. The first kappa shape index (κ1) is 23.1. The maximum atomic E-state index is 12.8. The van der Waals surface area contributed by atoms with Gasteiger partial charge in [0, 0.05) is 36.6 Å². The molecule has 0 radical (unpaired) electrons. The minimum atomic E-state index is -0.509. The predicted molar refractivity (Wildman–Crippen MR) is 116 cm³/mol. The predicted octanol–water partition coefficient (Wildman–Crippen LogP) is 3.61. The monoisotopic (exact) mass is 442 g/mol. The van der Waals surface area contributed by atoms with Gasteiger partial charge in [-0.1, -0.05) is 6.07 Å². The van der Waals surface area contributed by atoms with Crippen molar-refractivity contribution in [1.82, 2.24) is 5.32 Å². The van der Waals surface area contributed by atoms with Crippen molar-refractivity contribution in [3.63, 3.8) is 0 Å². The van der Waals surface area contributed by atoms with E-state index >= 15 is 0 Å². The lowest BCUT2D eigenvalue weighted by molar-refractivity contribution is -0.384. The zero-order valence-electron chi connectivity index (χ0n) is 18.2. The van der Waals surface area contributed by atoms with Crippen LogP contribution in [0.15, 0.2) is 42.5 Å². The molecule has 1 aliphatic rings. The lowest BCUT2D eigenvalue weighted by Crippen LogP contribution is -2.44. The highest BCUT2D eigenvalue weighted by Gasteiger charge is 2.34. The molecule has 0 spiro atoms. The zero-order valence-corrected chi connectivity index (χ0v) is 18.2. The van der Waals surface area contributed by atoms with Gasteiger partial charge >= 0.3 is 5.97 Å². The summed E-state index contributed by atoms with van der Waals surface area (Å²) in [5.74, 6) is 0.376. The summed E-state index contributed by atoms with van der Waals surface area (Å²) >= 11 is 0. The van der Waals surface area contributed by atoms with Crippen molar-refractivity contribution in [3.8, 4) is 11.5 Å². The fourth-order valence-corrected chi connectivity index (χ4v) is 4.08. The number of rotatable bonds is 7. The van der Waals surface area contributed by atoms with Crippen LogP contribution < -0.4 is 14.8 Å². The average Bonchev–Trinajstić information content (AvgIpc) is 2.79. The van der Waals surface area contributed by atoms with E-state index in [4.69, 9.17) is 14.2 Å². The van der Waals surface area contributed by atoms with E-state index < -0.39 is 4.92 Å². The average molecular weight is 442 g/mol. The van der Waals surface area contributed by atoms with E-state index in [1.165, 1.54) is 31.2 Å². The number of non-ortho nitro benzene ring substituents is 1. The van der Waals surface area contributed by atoms with Crippen LogP contribution in [0.1, 0.15) is 48.0 Å². The lowest BCUT2D eigenvalue weighted by atomic mass is 9.78. The van der Waals surface area contributed by atoms with Gasteiger partial charge in [-0.15, -0.1) is 0 Å². The number of carbonyl (C=O) groups excluding carboxylic acids is 2. The van der Waals surface area contributed by atoms with E-state index in [0.29, 0.717) is 36.3 Å². The fourth-order valence-electron chi connectivity index (χ4n) is 4.08. The van der Waals surface area contributed by atoms with Crippen molar-refractivity contribution >= 4 is 17.6 Å². The summed E-state index contributed by atoms with van der Waals surface area (Å²) in [5, 5.41) is 13.9. The molecule has 0 aliphatic heterocycles. The first-order chi connectivity index (χ1) is 15.3. The molecule has 32 heavy (non-hydrogen) atoms. The molecule has 0 aromatic heterocycles. The first-order valence-electron chi connectivity index (χ1n) is 10.3. The summed E-state index contributed by atoms with van der Waals surface area (Å²) in [6, 6.07) is 10.8. The second-order valence-corrected chi connectivity index (χ2v) is 7.65. The number of nitrogens with zero attached hydrogens (tertiary/aromatic N) is 1. The molecule has 1 amide bonds. The zero-order chi connectivity index (χ0) is 23.3. The Morgan fingerprint density at radius 3 is 2.31 bits per heavy atom. The Hall–Kier alpha value is -3.62. The van der Waals surface area contributed by atoms with Crippen LogP contribution in [0.25, 0.3) is 0 Å². The molecular weight excluding hydrogens is 416 g/mol. The number of methoxy groups -OCH3 is 2. The Balaban J connectivity index is 1.84. The summed E-state index contributed by atoms with van der Waals surface area (Å²) in [7, 11) is 3.11. The topological polar surface area (TPSA) is 117 Å².